The number of hydrogen-bond donors (Lipinski definition) is 3. The Kier molecular flexibility index (Phi) is 14.2. The molecule has 23 heteroatoms. The van der Waals surface area contributed by atoms with E-state index in [4.69, 9.17) is 15.4 Å². The van der Waals surface area contributed by atoms with E-state index in [9.17, 15) is 33.5 Å². The molecule has 0 saturated carbocycles. The Morgan fingerprint density at radius 2 is 1.76 bits per heavy atom. The molecule has 3 rings (SSSR count). The first-order valence-corrected chi connectivity index (χ1v) is 12.2. The topological polar surface area (TPSA) is 267 Å². The fraction of sp³-hybridized carbons (Fsp3) is 0.500. The van der Waals surface area contributed by atoms with Crippen LogP contribution in [0, 0.1) is 0 Å². The van der Waals surface area contributed by atoms with Gasteiger partial charge in [0.2, 0.25) is 0 Å². The SMILES string of the molecule is Nc1ncnc2c1ncn2[C@H]1C[C@@H](O)[C@@H](COP(=O)([O-])OP(=O)([O-])OP(=O)([O-])O)O1.[Na+].[Na+].[Na+]. The smallest absolute Gasteiger partial charge is 0.756 e. The second-order valence-electron chi connectivity index (χ2n) is 5.84. The third-order valence-electron chi connectivity index (χ3n) is 3.70. The summed E-state index contributed by atoms with van der Waals surface area (Å²) in [6, 6.07) is 0. The fourth-order valence-electron chi connectivity index (χ4n) is 2.57. The summed E-state index contributed by atoms with van der Waals surface area (Å²) < 4.78 is 51.0. The number of aliphatic hydroxyl groups excluding tert-OH is 1. The molecule has 0 radical (unpaired) electrons. The summed E-state index contributed by atoms with van der Waals surface area (Å²) in [5.41, 5.74) is 6.24. The zero-order valence-electron chi connectivity index (χ0n) is 17.5. The molecule has 17 nitrogen and oxygen atoms in total. The molecule has 3 heterocycles. The van der Waals surface area contributed by atoms with Gasteiger partial charge in [0.05, 0.1) is 19.0 Å². The number of anilines is 1. The van der Waals surface area contributed by atoms with Gasteiger partial charge < -0.3 is 39.7 Å². The van der Waals surface area contributed by atoms with Crippen molar-refractivity contribution in [1.82, 2.24) is 19.5 Å². The van der Waals surface area contributed by atoms with Crippen LogP contribution in [-0.2, 0) is 31.6 Å². The first-order valence-electron chi connectivity index (χ1n) is 7.76. The van der Waals surface area contributed by atoms with Crippen LogP contribution in [0.3, 0.4) is 0 Å². The van der Waals surface area contributed by atoms with Crippen molar-refractivity contribution in [3.05, 3.63) is 12.7 Å². The first kappa shape index (κ1) is 34.7. The number of hydrogen-bond acceptors (Lipinski definition) is 15. The second-order valence-corrected chi connectivity index (χ2v) is 10.1. The molecular formula is C10H13N5Na3O12P3. The molecule has 0 spiro atoms. The molecule has 33 heavy (non-hydrogen) atoms. The summed E-state index contributed by atoms with van der Waals surface area (Å²) in [6.07, 6.45) is -0.897. The first-order chi connectivity index (χ1) is 13.8. The number of ether oxygens (including phenoxy) is 1. The molecular weight excluding hydrogens is 544 g/mol. The monoisotopic (exact) mass is 557 g/mol. The van der Waals surface area contributed by atoms with E-state index in [-0.39, 0.29) is 112 Å². The van der Waals surface area contributed by atoms with Gasteiger partial charge in [0.25, 0.3) is 23.5 Å². The standard InChI is InChI=1S/C10H16N5O12P3.3Na/c11-9-8-10(13-3-12-9)15(4-14-8)7-1-5(16)6(25-7)2-24-29(20,21)27-30(22,23)26-28(17,18)19;;;/h3-7,16H,1-2H2,(H,20,21)(H,22,23)(H2,11,12,13)(H2,17,18,19);;;/q;3*+1/p-3/t5-,6-,7-;;;/m1.../s1. The minimum Gasteiger partial charge on any atom is -0.756 e. The minimum atomic E-state index is -6.01. The van der Waals surface area contributed by atoms with Gasteiger partial charge in [0.1, 0.15) is 24.2 Å². The molecule has 1 aliphatic heterocycles. The molecule has 2 aromatic rings. The number of nitrogens with zero attached hydrogens (tertiary/aromatic N) is 4. The average Bonchev–Trinajstić information content (AvgIpc) is 3.14. The molecule has 0 aliphatic carbocycles. The van der Waals surface area contributed by atoms with E-state index in [1.807, 2.05) is 0 Å². The Balaban J connectivity index is 0.00000341. The molecule has 0 amide bonds. The quantitative estimate of drug-likeness (QED) is 0.201. The van der Waals surface area contributed by atoms with Crippen molar-refractivity contribution in [3.63, 3.8) is 0 Å². The van der Waals surface area contributed by atoms with Crippen molar-refractivity contribution < 1.29 is 145 Å². The van der Waals surface area contributed by atoms with E-state index in [1.54, 1.807) is 0 Å². The van der Waals surface area contributed by atoms with Crippen LogP contribution in [0.1, 0.15) is 12.6 Å². The maximum Gasteiger partial charge on any atom is 1.00 e. The number of phosphoric acid groups is 3. The second kappa shape index (κ2) is 13.5. The van der Waals surface area contributed by atoms with Gasteiger partial charge in [-0.25, -0.2) is 23.6 Å². The van der Waals surface area contributed by atoms with E-state index in [0.717, 1.165) is 0 Å². The number of aromatic nitrogens is 4. The van der Waals surface area contributed by atoms with Gasteiger partial charge in [-0.05, 0) is 0 Å². The van der Waals surface area contributed by atoms with Gasteiger partial charge in [0.15, 0.2) is 11.5 Å². The van der Waals surface area contributed by atoms with Crippen LogP contribution < -0.4 is 109 Å². The predicted octanol–water partition coefficient (Wildman–Crippen LogP) is -11.5. The zero-order chi connectivity index (χ0) is 22.3. The van der Waals surface area contributed by atoms with Crippen LogP contribution in [0.25, 0.3) is 11.2 Å². The van der Waals surface area contributed by atoms with E-state index < -0.39 is 48.5 Å². The molecule has 2 aromatic heterocycles. The summed E-state index contributed by atoms with van der Waals surface area (Å²) in [4.78, 5) is 53.3. The molecule has 0 bridgehead atoms. The predicted molar refractivity (Wildman–Crippen MR) is 87.4 cm³/mol. The van der Waals surface area contributed by atoms with Crippen molar-refractivity contribution in [2.45, 2.75) is 24.9 Å². The summed E-state index contributed by atoms with van der Waals surface area (Å²) in [5.74, 6) is 0.108. The van der Waals surface area contributed by atoms with Gasteiger partial charge in [-0.2, -0.15) is 0 Å². The van der Waals surface area contributed by atoms with Crippen molar-refractivity contribution in [2.75, 3.05) is 12.3 Å². The Morgan fingerprint density at radius 1 is 1.12 bits per heavy atom. The number of aliphatic hydroxyl groups is 1. The van der Waals surface area contributed by atoms with Crippen LogP contribution in [-0.4, -0.2) is 48.3 Å². The molecule has 6 atom stereocenters. The van der Waals surface area contributed by atoms with Crippen molar-refractivity contribution in [2.24, 2.45) is 0 Å². The summed E-state index contributed by atoms with van der Waals surface area (Å²) >= 11 is 0. The summed E-state index contributed by atoms with van der Waals surface area (Å²) in [5, 5.41) is 10.1. The molecule has 0 aromatic carbocycles. The van der Waals surface area contributed by atoms with Crippen LogP contribution >= 0.6 is 23.5 Å². The van der Waals surface area contributed by atoms with E-state index in [1.165, 1.54) is 17.2 Å². The Morgan fingerprint density at radius 3 is 2.36 bits per heavy atom. The van der Waals surface area contributed by atoms with Gasteiger partial charge in [0, 0.05) is 6.42 Å². The molecule has 1 aliphatic rings. The third-order valence-corrected chi connectivity index (χ3v) is 7.39. The Labute approximate surface area is 252 Å². The van der Waals surface area contributed by atoms with Gasteiger partial charge in [-0.15, -0.1) is 0 Å². The van der Waals surface area contributed by atoms with Crippen LogP contribution in [0.4, 0.5) is 5.82 Å². The Hall–Kier alpha value is 1.68. The van der Waals surface area contributed by atoms with Crippen molar-refractivity contribution in [3.8, 4) is 0 Å². The Bertz CT molecular complexity index is 1090. The average molecular weight is 557 g/mol. The third kappa shape index (κ3) is 9.82. The summed E-state index contributed by atoms with van der Waals surface area (Å²) in [6.45, 7) is -0.893. The number of phosphoric ester groups is 1. The van der Waals surface area contributed by atoms with E-state index in [2.05, 4.69) is 28.1 Å². The molecule has 1 fully saturated rings. The zero-order valence-corrected chi connectivity index (χ0v) is 26.2. The largest absolute Gasteiger partial charge is 1.00 e. The molecule has 3 unspecified atom stereocenters. The van der Waals surface area contributed by atoms with Crippen LogP contribution in [0.15, 0.2) is 12.7 Å². The number of nitrogens with two attached hydrogens (primary N) is 1. The van der Waals surface area contributed by atoms with Crippen LogP contribution in [0.5, 0.6) is 0 Å². The van der Waals surface area contributed by atoms with Crippen LogP contribution in [0.2, 0.25) is 0 Å². The molecule has 4 N–H and O–H groups in total. The van der Waals surface area contributed by atoms with Gasteiger partial charge in [-0.1, -0.05) is 0 Å². The van der Waals surface area contributed by atoms with E-state index in [0.29, 0.717) is 0 Å². The maximum atomic E-state index is 11.6. The minimum absolute atomic E-state index is 0. The fourth-order valence-corrected chi connectivity index (χ4v) is 5.47. The van der Waals surface area contributed by atoms with Gasteiger partial charge >= 0.3 is 88.7 Å². The number of fused-ring (bicyclic) bond motifs is 1. The van der Waals surface area contributed by atoms with Crippen molar-refractivity contribution in [1.29, 1.82) is 0 Å². The van der Waals surface area contributed by atoms with Gasteiger partial charge in [-0.3, -0.25) is 18.3 Å². The summed E-state index contributed by atoms with van der Waals surface area (Å²) in [7, 11) is -17.5. The number of imidazole rings is 1. The van der Waals surface area contributed by atoms with Crippen molar-refractivity contribution >= 4 is 40.4 Å². The normalized spacial score (nSPS) is 25.5. The number of nitrogen functional groups attached to an aromatic ring is 1. The maximum absolute atomic E-state index is 11.6. The molecule has 168 valence electrons. The molecule has 1 saturated heterocycles. The number of rotatable bonds is 8. The van der Waals surface area contributed by atoms with E-state index >= 15 is 0 Å².